The molecule has 4 rings (SSSR count). The van der Waals surface area contributed by atoms with Gasteiger partial charge in [-0.3, -0.25) is 14.4 Å². The van der Waals surface area contributed by atoms with Crippen molar-refractivity contribution in [3.05, 3.63) is 114 Å². The number of hydrogen-bond acceptors (Lipinski definition) is 6. The summed E-state index contributed by atoms with van der Waals surface area (Å²) in [7, 11) is 0. The largest absolute Gasteiger partial charge is 0.489 e. The van der Waals surface area contributed by atoms with Crippen LogP contribution in [-0.4, -0.2) is 48.2 Å². The fraction of sp³-hybridized carbons (Fsp3) is 0.361. The number of amides is 2. The molecule has 0 aliphatic carbocycles. The molecule has 8 heteroatoms. The number of benzene rings is 3. The number of allylic oxidation sites excluding steroid dienone is 2. The zero-order valence-electron chi connectivity index (χ0n) is 25.2. The van der Waals surface area contributed by atoms with Gasteiger partial charge >= 0.3 is 5.97 Å². The fourth-order valence-electron chi connectivity index (χ4n) is 5.09. The van der Waals surface area contributed by atoms with E-state index in [9.17, 15) is 19.5 Å². The van der Waals surface area contributed by atoms with Gasteiger partial charge in [0.25, 0.3) is 0 Å². The highest BCUT2D eigenvalue weighted by Crippen LogP contribution is 2.20. The molecule has 1 aliphatic rings. The maximum absolute atomic E-state index is 13.4. The van der Waals surface area contributed by atoms with Crippen LogP contribution in [0.5, 0.6) is 5.75 Å². The number of aliphatic hydroxyl groups is 1. The molecule has 0 fully saturated rings. The van der Waals surface area contributed by atoms with E-state index in [-0.39, 0.29) is 43.3 Å². The lowest BCUT2D eigenvalue weighted by molar-refractivity contribution is -0.150. The maximum Gasteiger partial charge on any atom is 0.309 e. The Morgan fingerprint density at radius 2 is 1.50 bits per heavy atom. The Kier molecular flexibility index (Phi) is 12.6. The SMILES string of the molecule is CC(CO)NC(=O)CC1CC=CCC(Cc2ccccc2)C(=O)OCC(Cc2ccc(OCc3ccccc3)cc2)NC1=O. The summed E-state index contributed by atoms with van der Waals surface area (Å²) in [6.45, 7) is 1.98. The normalized spacial score (nSPS) is 19.9. The average molecular weight is 599 g/mol. The van der Waals surface area contributed by atoms with Crippen LogP contribution in [0.15, 0.2) is 97.1 Å². The van der Waals surface area contributed by atoms with Crippen LogP contribution in [-0.2, 0) is 38.6 Å². The van der Waals surface area contributed by atoms with Crippen LogP contribution in [0.2, 0.25) is 0 Å². The quantitative estimate of drug-likeness (QED) is 0.221. The lowest BCUT2D eigenvalue weighted by Gasteiger charge is -2.24. The molecule has 3 aromatic carbocycles. The molecule has 2 amide bonds. The van der Waals surface area contributed by atoms with Gasteiger partial charge in [-0.25, -0.2) is 0 Å². The molecule has 0 aromatic heterocycles. The Balaban J connectivity index is 1.47. The minimum atomic E-state index is -0.615. The van der Waals surface area contributed by atoms with Crippen LogP contribution in [0.25, 0.3) is 0 Å². The number of carbonyl (C=O) groups excluding carboxylic acids is 3. The van der Waals surface area contributed by atoms with E-state index >= 15 is 0 Å². The van der Waals surface area contributed by atoms with Crippen molar-refractivity contribution >= 4 is 17.8 Å². The topological polar surface area (TPSA) is 114 Å². The van der Waals surface area contributed by atoms with Crippen LogP contribution >= 0.6 is 0 Å². The van der Waals surface area contributed by atoms with Crippen molar-refractivity contribution in [2.75, 3.05) is 13.2 Å². The predicted molar refractivity (Wildman–Crippen MR) is 169 cm³/mol. The van der Waals surface area contributed by atoms with Crippen molar-refractivity contribution in [2.45, 2.75) is 57.7 Å². The van der Waals surface area contributed by atoms with Crippen molar-refractivity contribution in [3.8, 4) is 5.75 Å². The third-order valence-electron chi connectivity index (χ3n) is 7.58. The highest BCUT2D eigenvalue weighted by atomic mass is 16.5. The van der Waals surface area contributed by atoms with Gasteiger partial charge < -0.3 is 25.2 Å². The van der Waals surface area contributed by atoms with E-state index in [1.165, 1.54) is 0 Å². The number of cyclic esters (lactones) is 1. The first-order chi connectivity index (χ1) is 21.4. The zero-order chi connectivity index (χ0) is 31.1. The number of carbonyl (C=O) groups is 3. The summed E-state index contributed by atoms with van der Waals surface area (Å²) in [4.78, 5) is 39.3. The highest BCUT2D eigenvalue weighted by molar-refractivity contribution is 5.86. The third kappa shape index (κ3) is 10.7. The Morgan fingerprint density at radius 3 is 2.16 bits per heavy atom. The van der Waals surface area contributed by atoms with Crippen molar-refractivity contribution in [1.82, 2.24) is 10.6 Å². The minimum Gasteiger partial charge on any atom is -0.489 e. The molecule has 3 aromatic rings. The van der Waals surface area contributed by atoms with E-state index in [4.69, 9.17) is 9.47 Å². The fourth-order valence-corrected chi connectivity index (χ4v) is 5.09. The Hall–Kier alpha value is -4.43. The molecule has 1 heterocycles. The number of aliphatic hydroxyl groups excluding tert-OH is 1. The summed E-state index contributed by atoms with van der Waals surface area (Å²) in [6, 6.07) is 26.5. The van der Waals surface area contributed by atoms with Crippen molar-refractivity contribution in [2.24, 2.45) is 11.8 Å². The lowest BCUT2D eigenvalue weighted by atomic mass is 9.94. The van der Waals surface area contributed by atoms with Gasteiger partial charge in [-0.15, -0.1) is 0 Å². The summed E-state index contributed by atoms with van der Waals surface area (Å²) in [5.41, 5.74) is 3.06. The van der Waals surface area contributed by atoms with Gasteiger partial charge in [-0.1, -0.05) is 84.9 Å². The van der Waals surface area contributed by atoms with E-state index < -0.39 is 18.0 Å². The van der Waals surface area contributed by atoms with E-state index in [1.807, 2.05) is 97.1 Å². The second-order valence-electron chi connectivity index (χ2n) is 11.3. The summed E-state index contributed by atoms with van der Waals surface area (Å²) < 4.78 is 11.7. The molecule has 0 radical (unpaired) electrons. The van der Waals surface area contributed by atoms with Crippen LogP contribution in [0, 0.1) is 11.8 Å². The summed E-state index contributed by atoms with van der Waals surface area (Å²) >= 11 is 0. The molecule has 0 saturated heterocycles. The monoisotopic (exact) mass is 598 g/mol. The molecule has 1 aliphatic heterocycles. The minimum absolute atomic E-state index is 0.00625. The molecule has 44 heavy (non-hydrogen) atoms. The number of esters is 1. The second kappa shape index (κ2) is 17.0. The second-order valence-corrected chi connectivity index (χ2v) is 11.3. The van der Waals surface area contributed by atoms with Crippen LogP contribution in [0.3, 0.4) is 0 Å². The first-order valence-electron chi connectivity index (χ1n) is 15.2. The van der Waals surface area contributed by atoms with E-state index in [2.05, 4.69) is 10.6 Å². The van der Waals surface area contributed by atoms with E-state index in [0.717, 1.165) is 22.4 Å². The van der Waals surface area contributed by atoms with Gasteiger partial charge in [-0.2, -0.15) is 0 Å². The van der Waals surface area contributed by atoms with Gasteiger partial charge in [0.05, 0.1) is 24.5 Å². The van der Waals surface area contributed by atoms with Gasteiger partial charge in [0, 0.05) is 12.5 Å². The number of hydrogen-bond donors (Lipinski definition) is 3. The highest BCUT2D eigenvalue weighted by Gasteiger charge is 2.27. The standard InChI is InChI=1S/C36H42N2O6/c1-26(23-39)37-34(40)22-30-14-8-9-15-31(20-27-10-4-2-5-11-27)36(42)44-25-32(38-35(30)41)21-28-16-18-33(19-17-28)43-24-29-12-6-3-7-13-29/h2-13,16-19,26,30-32,39H,14-15,20-25H2,1H3,(H,37,40)(H,38,41). The van der Waals surface area contributed by atoms with Crippen LogP contribution in [0.1, 0.15) is 42.9 Å². The maximum atomic E-state index is 13.4. The smallest absolute Gasteiger partial charge is 0.309 e. The number of ether oxygens (including phenoxy) is 2. The Bertz CT molecular complexity index is 1360. The Labute approximate surface area is 259 Å². The molecule has 4 unspecified atom stereocenters. The lowest BCUT2D eigenvalue weighted by Crippen LogP contribution is -2.45. The average Bonchev–Trinajstić information content (AvgIpc) is 3.04. The van der Waals surface area contributed by atoms with Crippen molar-refractivity contribution in [3.63, 3.8) is 0 Å². The third-order valence-corrected chi connectivity index (χ3v) is 7.58. The molecule has 3 N–H and O–H groups in total. The summed E-state index contributed by atoms with van der Waals surface area (Å²) in [5, 5.41) is 15.1. The molecule has 4 atom stereocenters. The van der Waals surface area contributed by atoms with Crippen LogP contribution in [0.4, 0.5) is 0 Å². The van der Waals surface area contributed by atoms with Gasteiger partial charge in [0.15, 0.2) is 0 Å². The molecule has 0 bridgehead atoms. The summed E-state index contributed by atoms with van der Waals surface area (Å²) in [6.07, 6.45) is 5.51. The summed E-state index contributed by atoms with van der Waals surface area (Å²) in [5.74, 6) is -1.16. The molecule has 0 spiro atoms. The van der Waals surface area contributed by atoms with Crippen molar-refractivity contribution in [1.29, 1.82) is 0 Å². The zero-order valence-corrected chi connectivity index (χ0v) is 25.2. The number of nitrogens with one attached hydrogen (secondary N) is 2. The molecule has 0 saturated carbocycles. The predicted octanol–water partition coefficient (Wildman–Crippen LogP) is 4.55. The van der Waals surface area contributed by atoms with Crippen molar-refractivity contribution < 1.29 is 29.0 Å². The molecule has 232 valence electrons. The number of rotatable bonds is 11. The first kappa shape index (κ1) is 32.5. The Morgan fingerprint density at radius 1 is 0.886 bits per heavy atom. The molecular weight excluding hydrogens is 556 g/mol. The van der Waals surface area contributed by atoms with Gasteiger partial charge in [-0.05, 0) is 61.4 Å². The van der Waals surface area contributed by atoms with E-state index in [1.54, 1.807) is 6.92 Å². The van der Waals surface area contributed by atoms with Gasteiger partial charge in [0.2, 0.25) is 11.8 Å². The van der Waals surface area contributed by atoms with Gasteiger partial charge in [0.1, 0.15) is 19.0 Å². The molecular formula is C36H42N2O6. The molecule has 8 nitrogen and oxygen atoms in total. The van der Waals surface area contributed by atoms with E-state index in [0.29, 0.717) is 32.3 Å². The van der Waals surface area contributed by atoms with Crippen LogP contribution < -0.4 is 15.4 Å². The first-order valence-corrected chi connectivity index (χ1v) is 15.2.